The second kappa shape index (κ2) is 9.54. The summed E-state index contributed by atoms with van der Waals surface area (Å²) in [5.74, 6) is 0.744. The number of aromatic nitrogens is 4. The molecule has 4 rings (SSSR count). The second-order valence-electron chi connectivity index (χ2n) is 8.50. The van der Waals surface area contributed by atoms with E-state index in [0.717, 1.165) is 50.4 Å². The first kappa shape index (κ1) is 21.4. The van der Waals surface area contributed by atoms with Crippen molar-refractivity contribution in [1.82, 2.24) is 18.7 Å². The normalized spacial score (nSPS) is 13.7. The molecule has 0 unspecified atom stereocenters. The predicted octanol–water partition coefficient (Wildman–Crippen LogP) is 4.19. The fourth-order valence-electron chi connectivity index (χ4n) is 4.54. The number of fused-ring (bicyclic) bond motifs is 3. The quantitative estimate of drug-likeness (QED) is 0.484. The van der Waals surface area contributed by atoms with Crippen molar-refractivity contribution in [2.45, 2.75) is 71.4 Å². The van der Waals surface area contributed by atoms with E-state index in [9.17, 15) is 9.59 Å². The molecule has 0 fully saturated rings. The van der Waals surface area contributed by atoms with Crippen LogP contribution in [-0.4, -0.2) is 25.2 Å². The molecule has 166 valence electrons. The minimum Gasteiger partial charge on any atom is -0.312 e. The minimum atomic E-state index is -0.273. The first-order valence-electron chi connectivity index (χ1n) is 11.7. The predicted molar refractivity (Wildman–Crippen MR) is 125 cm³/mol. The number of hydrogen-bond donors (Lipinski definition) is 0. The highest BCUT2D eigenvalue weighted by atomic mass is 16.2. The van der Waals surface area contributed by atoms with Crippen LogP contribution in [0.3, 0.4) is 0 Å². The molecule has 0 bridgehead atoms. The maximum Gasteiger partial charge on any atom is 0.332 e. The molecule has 0 atom stereocenters. The first-order valence-corrected chi connectivity index (χ1v) is 11.7. The third-order valence-corrected chi connectivity index (χ3v) is 6.27. The standard InChI is InChI=1S/C24H33N5O2/c1-3-4-5-6-7-8-12-16-29-22(30)20-21(26(2)24(29)31)25-23-27(17-13-18-28(20)23)19-14-10-9-11-15-19/h9-11,14-15H,3-8,12-13,16-18H2,1-2H3. The fraction of sp³-hybridized carbons (Fsp3) is 0.542. The molecule has 7 nitrogen and oxygen atoms in total. The summed E-state index contributed by atoms with van der Waals surface area (Å²) < 4.78 is 4.94. The van der Waals surface area contributed by atoms with Crippen LogP contribution in [0.2, 0.25) is 0 Å². The molecule has 0 saturated carbocycles. The van der Waals surface area contributed by atoms with Crippen molar-refractivity contribution in [3.05, 3.63) is 51.2 Å². The van der Waals surface area contributed by atoms with Crippen LogP contribution in [0.25, 0.3) is 11.2 Å². The Hall–Kier alpha value is -2.83. The Morgan fingerprint density at radius 1 is 0.935 bits per heavy atom. The number of imidazole rings is 1. The van der Waals surface area contributed by atoms with E-state index in [0.29, 0.717) is 17.7 Å². The van der Waals surface area contributed by atoms with Gasteiger partial charge in [0.1, 0.15) is 0 Å². The number of hydrogen-bond acceptors (Lipinski definition) is 4. The topological polar surface area (TPSA) is 65.1 Å². The Morgan fingerprint density at radius 2 is 1.65 bits per heavy atom. The Morgan fingerprint density at radius 3 is 2.39 bits per heavy atom. The van der Waals surface area contributed by atoms with Gasteiger partial charge in [-0.3, -0.25) is 13.9 Å². The number of rotatable bonds is 9. The number of anilines is 2. The molecule has 0 spiro atoms. The lowest BCUT2D eigenvalue weighted by Crippen LogP contribution is -2.40. The summed E-state index contributed by atoms with van der Waals surface area (Å²) in [6.45, 7) is 4.26. The second-order valence-corrected chi connectivity index (χ2v) is 8.50. The van der Waals surface area contributed by atoms with Crippen molar-refractivity contribution in [2.75, 3.05) is 11.4 Å². The van der Waals surface area contributed by atoms with Crippen LogP contribution < -0.4 is 16.1 Å². The monoisotopic (exact) mass is 423 g/mol. The van der Waals surface area contributed by atoms with Gasteiger partial charge in [0.15, 0.2) is 11.2 Å². The van der Waals surface area contributed by atoms with Crippen molar-refractivity contribution in [3.8, 4) is 0 Å². The molecule has 1 aromatic carbocycles. The molecule has 0 saturated heterocycles. The minimum absolute atomic E-state index is 0.210. The third-order valence-electron chi connectivity index (χ3n) is 6.27. The van der Waals surface area contributed by atoms with Gasteiger partial charge in [-0.1, -0.05) is 63.6 Å². The van der Waals surface area contributed by atoms with Gasteiger partial charge < -0.3 is 9.47 Å². The van der Waals surface area contributed by atoms with Crippen molar-refractivity contribution in [3.63, 3.8) is 0 Å². The molecule has 1 aliphatic rings. The summed E-state index contributed by atoms with van der Waals surface area (Å²) >= 11 is 0. The van der Waals surface area contributed by atoms with Crippen LogP contribution >= 0.6 is 0 Å². The van der Waals surface area contributed by atoms with Gasteiger partial charge in [-0.2, -0.15) is 4.98 Å². The lowest BCUT2D eigenvalue weighted by Gasteiger charge is -2.28. The fourth-order valence-corrected chi connectivity index (χ4v) is 4.54. The van der Waals surface area contributed by atoms with Gasteiger partial charge in [0.05, 0.1) is 0 Å². The van der Waals surface area contributed by atoms with E-state index in [4.69, 9.17) is 4.98 Å². The summed E-state index contributed by atoms with van der Waals surface area (Å²) in [7, 11) is 1.72. The molecule has 3 heterocycles. The summed E-state index contributed by atoms with van der Waals surface area (Å²) in [5, 5.41) is 0. The smallest absolute Gasteiger partial charge is 0.312 e. The van der Waals surface area contributed by atoms with Crippen LogP contribution in [0.4, 0.5) is 11.6 Å². The number of benzene rings is 1. The van der Waals surface area contributed by atoms with Crippen molar-refractivity contribution >= 4 is 22.8 Å². The van der Waals surface area contributed by atoms with Crippen LogP contribution in [-0.2, 0) is 20.1 Å². The van der Waals surface area contributed by atoms with E-state index in [1.807, 2.05) is 34.9 Å². The molecule has 0 aliphatic carbocycles. The van der Waals surface area contributed by atoms with Crippen molar-refractivity contribution in [1.29, 1.82) is 0 Å². The zero-order valence-electron chi connectivity index (χ0n) is 18.7. The summed E-state index contributed by atoms with van der Waals surface area (Å²) in [6.07, 6.45) is 8.99. The molecule has 0 N–H and O–H groups in total. The van der Waals surface area contributed by atoms with Gasteiger partial charge in [-0.15, -0.1) is 0 Å². The lowest BCUT2D eigenvalue weighted by atomic mass is 10.1. The zero-order valence-corrected chi connectivity index (χ0v) is 18.7. The maximum atomic E-state index is 13.4. The van der Waals surface area contributed by atoms with E-state index >= 15 is 0 Å². The highest BCUT2D eigenvalue weighted by Crippen LogP contribution is 2.30. The highest BCUT2D eigenvalue weighted by Gasteiger charge is 2.26. The maximum absolute atomic E-state index is 13.4. The van der Waals surface area contributed by atoms with Gasteiger partial charge in [-0.25, -0.2) is 4.79 Å². The largest absolute Gasteiger partial charge is 0.332 e. The zero-order chi connectivity index (χ0) is 21.8. The molecule has 0 amide bonds. The van der Waals surface area contributed by atoms with Gasteiger partial charge in [0.25, 0.3) is 5.56 Å². The van der Waals surface area contributed by atoms with Crippen LogP contribution in [0.5, 0.6) is 0 Å². The number of aryl methyl sites for hydroxylation is 2. The highest BCUT2D eigenvalue weighted by molar-refractivity contribution is 5.77. The average molecular weight is 424 g/mol. The summed E-state index contributed by atoms with van der Waals surface area (Å²) in [4.78, 5) is 33.2. The molecule has 2 aromatic heterocycles. The molecule has 1 aliphatic heterocycles. The van der Waals surface area contributed by atoms with Crippen LogP contribution in [0, 0.1) is 0 Å². The molecular formula is C24H33N5O2. The van der Waals surface area contributed by atoms with Crippen LogP contribution in [0.15, 0.2) is 39.9 Å². The lowest BCUT2D eigenvalue weighted by molar-refractivity contribution is 0.521. The van der Waals surface area contributed by atoms with Gasteiger partial charge >= 0.3 is 5.69 Å². The van der Waals surface area contributed by atoms with E-state index in [-0.39, 0.29) is 11.2 Å². The molecule has 0 radical (unpaired) electrons. The summed E-state index contributed by atoms with van der Waals surface area (Å²) in [5.41, 5.74) is 1.58. The Labute approximate surface area is 182 Å². The Balaban J connectivity index is 1.64. The van der Waals surface area contributed by atoms with Crippen LogP contribution in [0.1, 0.15) is 58.3 Å². The number of nitrogens with zero attached hydrogens (tertiary/aromatic N) is 5. The summed E-state index contributed by atoms with van der Waals surface area (Å²) in [6, 6.07) is 10.1. The average Bonchev–Trinajstić information content (AvgIpc) is 3.19. The Bertz CT molecular complexity index is 1140. The molecule has 31 heavy (non-hydrogen) atoms. The van der Waals surface area contributed by atoms with E-state index < -0.39 is 0 Å². The molecule has 7 heteroatoms. The third kappa shape index (κ3) is 4.18. The van der Waals surface area contributed by atoms with Crippen molar-refractivity contribution < 1.29 is 0 Å². The van der Waals surface area contributed by atoms with E-state index in [1.165, 1.54) is 34.8 Å². The van der Waals surface area contributed by atoms with Gasteiger partial charge in [0.2, 0.25) is 5.95 Å². The van der Waals surface area contributed by atoms with E-state index in [1.54, 1.807) is 7.05 Å². The molecule has 3 aromatic rings. The van der Waals surface area contributed by atoms with Gasteiger partial charge in [-0.05, 0) is 25.0 Å². The van der Waals surface area contributed by atoms with E-state index in [2.05, 4.69) is 11.8 Å². The molecular weight excluding hydrogens is 390 g/mol. The SMILES string of the molecule is CCCCCCCCCn1c(=O)c2c(nc3n2CCCN3c2ccccc2)n(C)c1=O. The van der Waals surface area contributed by atoms with Gasteiger partial charge in [0, 0.05) is 32.4 Å². The first-order chi connectivity index (χ1) is 15.1. The van der Waals surface area contributed by atoms with Crippen molar-refractivity contribution in [2.24, 2.45) is 7.05 Å². The number of para-hydroxylation sites is 1. The Kier molecular flexibility index (Phi) is 6.59. The number of unbranched alkanes of at least 4 members (excludes halogenated alkanes) is 6.